The van der Waals surface area contributed by atoms with E-state index in [4.69, 9.17) is 10.5 Å². The van der Waals surface area contributed by atoms with E-state index in [0.717, 1.165) is 11.3 Å². The lowest BCUT2D eigenvalue weighted by atomic mass is 10.1. The van der Waals surface area contributed by atoms with Gasteiger partial charge in [0, 0.05) is 5.56 Å². The monoisotopic (exact) mass is 218 g/mol. The molecule has 2 aromatic rings. The lowest BCUT2D eigenvalue weighted by molar-refractivity contribution is 0.407. The SMILES string of the molecule is COc1ccc(C)cc1Cn1cnc(N)n1. The zero-order valence-corrected chi connectivity index (χ0v) is 9.34. The van der Waals surface area contributed by atoms with E-state index in [1.165, 1.54) is 5.56 Å². The highest BCUT2D eigenvalue weighted by molar-refractivity contribution is 5.36. The van der Waals surface area contributed by atoms with Crippen LogP contribution in [0.3, 0.4) is 0 Å². The molecule has 0 fully saturated rings. The predicted octanol–water partition coefficient (Wildman–Crippen LogP) is 1.23. The van der Waals surface area contributed by atoms with Crippen molar-refractivity contribution in [2.45, 2.75) is 13.5 Å². The van der Waals surface area contributed by atoms with Crippen molar-refractivity contribution in [3.8, 4) is 5.75 Å². The van der Waals surface area contributed by atoms with Crippen molar-refractivity contribution >= 4 is 5.95 Å². The molecule has 0 aliphatic rings. The highest BCUT2D eigenvalue weighted by Crippen LogP contribution is 2.20. The summed E-state index contributed by atoms with van der Waals surface area (Å²) >= 11 is 0. The fraction of sp³-hybridized carbons (Fsp3) is 0.273. The number of anilines is 1. The van der Waals surface area contributed by atoms with E-state index >= 15 is 0 Å². The standard InChI is InChI=1S/C11H14N4O/c1-8-3-4-10(16-2)9(5-8)6-15-7-13-11(12)14-15/h3-5,7H,6H2,1-2H3,(H2,12,14). The third-order valence-electron chi connectivity index (χ3n) is 2.32. The maximum absolute atomic E-state index is 5.46. The third-order valence-corrected chi connectivity index (χ3v) is 2.32. The molecule has 2 N–H and O–H groups in total. The second kappa shape index (κ2) is 4.22. The molecule has 0 saturated carbocycles. The van der Waals surface area contributed by atoms with Crippen LogP contribution in [0.1, 0.15) is 11.1 Å². The van der Waals surface area contributed by atoms with Gasteiger partial charge in [-0.25, -0.2) is 9.67 Å². The Bertz CT molecular complexity index is 492. The number of rotatable bonds is 3. The molecule has 0 saturated heterocycles. The molecule has 5 nitrogen and oxygen atoms in total. The van der Waals surface area contributed by atoms with Gasteiger partial charge in [0.15, 0.2) is 0 Å². The first-order chi connectivity index (χ1) is 7.69. The predicted molar refractivity (Wildman–Crippen MR) is 61.3 cm³/mol. The molecule has 0 atom stereocenters. The van der Waals surface area contributed by atoms with Crippen LogP contribution < -0.4 is 10.5 Å². The minimum absolute atomic E-state index is 0.284. The molecule has 16 heavy (non-hydrogen) atoms. The van der Waals surface area contributed by atoms with Gasteiger partial charge in [0.2, 0.25) is 5.95 Å². The first-order valence-corrected chi connectivity index (χ1v) is 4.97. The van der Waals surface area contributed by atoms with Crippen LogP contribution in [0.2, 0.25) is 0 Å². The number of benzene rings is 1. The van der Waals surface area contributed by atoms with Gasteiger partial charge in [-0.1, -0.05) is 17.7 Å². The number of hydrogen-bond donors (Lipinski definition) is 1. The van der Waals surface area contributed by atoms with Crippen LogP contribution in [0, 0.1) is 6.92 Å². The second-order valence-corrected chi connectivity index (χ2v) is 3.62. The van der Waals surface area contributed by atoms with Gasteiger partial charge in [0.05, 0.1) is 13.7 Å². The Hall–Kier alpha value is -2.04. The maximum Gasteiger partial charge on any atom is 0.239 e. The molecule has 5 heteroatoms. The Kier molecular flexibility index (Phi) is 2.76. The Morgan fingerprint density at radius 2 is 2.25 bits per heavy atom. The number of ether oxygens (including phenoxy) is 1. The van der Waals surface area contributed by atoms with Crippen molar-refractivity contribution in [2.75, 3.05) is 12.8 Å². The lowest BCUT2D eigenvalue weighted by Gasteiger charge is -2.08. The van der Waals surface area contributed by atoms with Crippen molar-refractivity contribution in [1.29, 1.82) is 0 Å². The maximum atomic E-state index is 5.46. The Morgan fingerprint density at radius 3 is 2.88 bits per heavy atom. The van der Waals surface area contributed by atoms with Gasteiger partial charge in [0.1, 0.15) is 12.1 Å². The van der Waals surface area contributed by atoms with Gasteiger partial charge in [0.25, 0.3) is 0 Å². The van der Waals surface area contributed by atoms with E-state index < -0.39 is 0 Å². The molecule has 0 aliphatic carbocycles. The largest absolute Gasteiger partial charge is 0.496 e. The van der Waals surface area contributed by atoms with Gasteiger partial charge in [-0.3, -0.25) is 0 Å². The summed E-state index contributed by atoms with van der Waals surface area (Å²) in [5, 5.41) is 4.04. The summed E-state index contributed by atoms with van der Waals surface area (Å²) in [4.78, 5) is 3.88. The molecular formula is C11H14N4O. The average molecular weight is 218 g/mol. The summed E-state index contributed by atoms with van der Waals surface area (Å²) in [5.41, 5.74) is 7.70. The first kappa shape index (κ1) is 10.5. The Morgan fingerprint density at radius 1 is 1.44 bits per heavy atom. The summed E-state index contributed by atoms with van der Waals surface area (Å²) in [7, 11) is 1.66. The number of hydrogen-bond acceptors (Lipinski definition) is 4. The molecule has 1 heterocycles. The van der Waals surface area contributed by atoms with E-state index in [-0.39, 0.29) is 5.95 Å². The van der Waals surface area contributed by atoms with Crippen LogP contribution in [-0.2, 0) is 6.54 Å². The number of nitrogen functional groups attached to an aromatic ring is 1. The fourth-order valence-corrected chi connectivity index (χ4v) is 1.59. The average Bonchev–Trinajstić information content (AvgIpc) is 2.64. The number of aromatic nitrogens is 3. The van der Waals surface area contributed by atoms with Crippen LogP contribution in [0.5, 0.6) is 5.75 Å². The molecule has 0 spiro atoms. The van der Waals surface area contributed by atoms with Gasteiger partial charge in [-0.05, 0) is 13.0 Å². The second-order valence-electron chi connectivity index (χ2n) is 3.62. The molecule has 0 radical (unpaired) electrons. The molecular weight excluding hydrogens is 204 g/mol. The number of nitrogens with two attached hydrogens (primary N) is 1. The molecule has 2 rings (SSSR count). The summed E-state index contributed by atoms with van der Waals surface area (Å²) < 4.78 is 6.97. The summed E-state index contributed by atoms with van der Waals surface area (Å²) in [6.45, 7) is 2.65. The summed E-state index contributed by atoms with van der Waals surface area (Å²) in [6.07, 6.45) is 1.61. The van der Waals surface area contributed by atoms with Crippen LogP contribution in [0.25, 0.3) is 0 Å². The topological polar surface area (TPSA) is 66.0 Å². The van der Waals surface area contributed by atoms with E-state index in [1.807, 2.05) is 19.1 Å². The minimum atomic E-state index is 0.284. The highest BCUT2D eigenvalue weighted by atomic mass is 16.5. The van der Waals surface area contributed by atoms with Crippen molar-refractivity contribution in [2.24, 2.45) is 0 Å². The number of methoxy groups -OCH3 is 1. The molecule has 1 aromatic heterocycles. The molecule has 0 aliphatic heterocycles. The third kappa shape index (κ3) is 2.13. The fourth-order valence-electron chi connectivity index (χ4n) is 1.59. The van der Waals surface area contributed by atoms with E-state index in [0.29, 0.717) is 6.54 Å². The zero-order chi connectivity index (χ0) is 11.5. The van der Waals surface area contributed by atoms with E-state index in [9.17, 15) is 0 Å². The van der Waals surface area contributed by atoms with Crippen LogP contribution in [0.4, 0.5) is 5.95 Å². The summed E-state index contributed by atoms with van der Waals surface area (Å²) in [5.74, 6) is 1.13. The highest BCUT2D eigenvalue weighted by Gasteiger charge is 2.05. The smallest absolute Gasteiger partial charge is 0.239 e. The summed E-state index contributed by atoms with van der Waals surface area (Å²) in [6, 6.07) is 6.03. The Labute approximate surface area is 93.9 Å². The van der Waals surface area contributed by atoms with Crippen LogP contribution >= 0.6 is 0 Å². The van der Waals surface area contributed by atoms with Gasteiger partial charge >= 0.3 is 0 Å². The molecule has 0 unspecified atom stereocenters. The minimum Gasteiger partial charge on any atom is -0.496 e. The lowest BCUT2D eigenvalue weighted by Crippen LogP contribution is -2.03. The molecule has 0 bridgehead atoms. The zero-order valence-electron chi connectivity index (χ0n) is 9.34. The van der Waals surface area contributed by atoms with E-state index in [1.54, 1.807) is 18.1 Å². The van der Waals surface area contributed by atoms with Gasteiger partial charge in [-0.2, -0.15) is 0 Å². The molecule has 84 valence electrons. The number of nitrogens with zero attached hydrogens (tertiary/aromatic N) is 3. The molecule has 1 aromatic carbocycles. The quantitative estimate of drug-likeness (QED) is 0.841. The normalized spacial score (nSPS) is 10.4. The van der Waals surface area contributed by atoms with E-state index in [2.05, 4.69) is 16.1 Å². The first-order valence-electron chi connectivity index (χ1n) is 4.97. The van der Waals surface area contributed by atoms with Crippen LogP contribution in [0.15, 0.2) is 24.5 Å². The van der Waals surface area contributed by atoms with Crippen LogP contribution in [-0.4, -0.2) is 21.9 Å². The van der Waals surface area contributed by atoms with Gasteiger partial charge < -0.3 is 10.5 Å². The Balaban J connectivity index is 2.29. The number of aryl methyl sites for hydroxylation is 1. The van der Waals surface area contributed by atoms with Gasteiger partial charge in [-0.15, -0.1) is 5.10 Å². The van der Waals surface area contributed by atoms with Crippen molar-refractivity contribution in [1.82, 2.24) is 14.8 Å². The van der Waals surface area contributed by atoms with Crippen molar-refractivity contribution in [3.63, 3.8) is 0 Å². The van der Waals surface area contributed by atoms with Crippen molar-refractivity contribution < 1.29 is 4.74 Å². The molecule has 0 amide bonds. The van der Waals surface area contributed by atoms with Crippen molar-refractivity contribution in [3.05, 3.63) is 35.7 Å².